The first kappa shape index (κ1) is 12.3. The average molecular weight is 304 g/mol. The summed E-state index contributed by atoms with van der Waals surface area (Å²) in [6.07, 6.45) is 16.9. The standard InChI is InChI=1S/C22H24O/c1-5-13-6-2-11(1)17-18-12-3-7-14(8-4-12)20(18)22-16-10-9-15(23-16)21(22)19(13)17/h9-16H,1-8H2. The molecule has 118 valence electrons. The summed E-state index contributed by atoms with van der Waals surface area (Å²) in [5.41, 5.74) is 10.7. The number of fused-ring (bicyclic) bond motifs is 9. The van der Waals surface area contributed by atoms with Gasteiger partial charge in [0.15, 0.2) is 0 Å². The molecule has 0 spiro atoms. The molecule has 1 nitrogen and oxygen atoms in total. The van der Waals surface area contributed by atoms with E-state index < -0.39 is 0 Å². The predicted octanol–water partition coefficient (Wildman–Crippen LogP) is 5.88. The molecule has 0 saturated heterocycles. The molecule has 2 heterocycles. The van der Waals surface area contributed by atoms with Gasteiger partial charge in [-0.25, -0.2) is 0 Å². The van der Waals surface area contributed by atoms with E-state index in [4.69, 9.17) is 4.74 Å². The third-order valence-electron chi connectivity index (χ3n) is 8.15. The summed E-state index contributed by atoms with van der Waals surface area (Å²) in [5, 5.41) is 0. The lowest BCUT2D eigenvalue weighted by atomic mass is 9.56. The highest BCUT2D eigenvalue weighted by Gasteiger charge is 2.49. The summed E-state index contributed by atoms with van der Waals surface area (Å²) >= 11 is 0. The van der Waals surface area contributed by atoms with Crippen LogP contribution < -0.4 is 0 Å². The quantitative estimate of drug-likeness (QED) is 0.544. The predicted molar refractivity (Wildman–Crippen MR) is 90.0 cm³/mol. The Kier molecular flexibility index (Phi) is 2.11. The maximum Gasteiger partial charge on any atom is 0.103 e. The molecule has 23 heavy (non-hydrogen) atoms. The lowest BCUT2D eigenvalue weighted by Crippen LogP contribution is -2.32. The Hall–Kier alpha value is -1.08. The van der Waals surface area contributed by atoms with E-state index in [0.717, 1.165) is 23.7 Å². The topological polar surface area (TPSA) is 9.23 Å². The molecule has 0 N–H and O–H groups in total. The summed E-state index contributed by atoms with van der Waals surface area (Å²) < 4.78 is 6.38. The van der Waals surface area contributed by atoms with Gasteiger partial charge in [-0.2, -0.15) is 0 Å². The van der Waals surface area contributed by atoms with E-state index in [-0.39, 0.29) is 0 Å². The number of hydrogen-bond donors (Lipinski definition) is 0. The Morgan fingerprint density at radius 2 is 0.783 bits per heavy atom. The van der Waals surface area contributed by atoms with Crippen molar-refractivity contribution in [3.05, 3.63) is 45.5 Å². The molecule has 0 radical (unpaired) electrons. The van der Waals surface area contributed by atoms with Gasteiger partial charge in [0, 0.05) is 0 Å². The number of hydrogen-bond acceptors (Lipinski definition) is 1. The molecule has 2 aliphatic heterocycles. The molecule has 2 unspecified atom stereocenters. The van der Waals surface area contributed by atoms with E-state index >= 15 is 0 Å². The Morgan fingerprint density at radius 1 is 0.478 bits per heavy atom. The van der Waals surface area contributed by atoms with Crippen molar-refractivity contribution in [1.29, 1.82) is 0 Å². The first-order chi connectivity index (χ1) is 11.4. The maximum absolute atomic E-state index is 6.38. The van der Waals surface area contributed by atoms with E-state index in [1.165, 1.54) is 51.4 Å². The molecule has 1 heteroatoms. The van der Waals surface area contributed by atoms with Crippen LogP contribution in [0.15, 0.2) is 12.2 Å². The van der Waals surface area contributed by atoms with Crippen molar-refractivity contribution in [2.24, 2.45) is 0 Å². The van der Waals surface area contributed by atoms with Crippen LogP contribution in [0.4, 0.5) is 0 Å². The molecule has 0 aromatic heterocycles. The second-order valence-electron chi connectivity index (χ2n) is 8.94. The minimum Gasteiger partial charge on any atom is -0.357 e. The average Bonchev–Trinajstić information content (AvgIpc) is 3.25. The van der Waals surface area contributed by atoms with Crippen LogP contribution in [0, 0.1) is 0 Å². The fourth-order valence-corrected chi connectivity index (χ4v) is 7.36. The van der Waals surface area contributed by atoms with Gasteiger partial charge in [-0.05, 0) is 108 Å². The summed E-state index contributed by atoms with van der Waals surface area (Å²) in [4.78, 5) is 0. The largest absolute Gasteiger partial charge is 0.357 e. The Morgan fingerprint density at radius 3 is 1.13 bits per heavy atom. The second-order valence-corrected chi connectivity index (χ2v) is 8.94. The molecule has 1 aromatic carbocycles. The van der Waals surface area contributed by atoms with Crippen LogP contribution in [0.1, 0.15) is 121 Å². The summed E-state index contributed by atoms with van der Waals surface area (Å²) in [7, 11) is 0. The zero-order valence-corrected chi connectivity index (χ0v) is 13.7. The van der Waals surface area contributed by atoms with Crippen molar-refractivity contribution in [2.75, 3.05) is 0 Å². The molecule has 0 amide bonds. The van der Waals surface area contributed by atoms with Crippen LogP contribution in [0.5, 0.6) is 0 Å². The zero-order valence-electron chi connectivity index (χ0n) is 13.7. The Bertz CT molecular complexity index is 694. The van der Waals surface area contributed by atoms with Crippen LogP contribution in [0.25, 0.3) is 0 Å². The number of ether oxygens (including phenoxy) is 1. The van der Waals surface area contributed by atoms with Crippen LogP contribution in [0.2, 0.25) is 0 Å². The van der Waals surface area contributed by atoms with Crippen molar-refractivity contribution in [3.63, 3.8) is 0 Å². The summed E-state index contributed by atoms with van der Waals surface area (Å²) in [6, 6.07) is 0. The third-order valence-corrected chi connectivity index (χ3v) is 8.15. The van der Waals surface area contributed by atoms with Crippen LogP contribution in [-0.4, -0.2) is 0 Å². The Balaban J connectivity index is 1.64. The van der Waals surface area contributed by atoms with Gasteiger partial charge in [-0.3, -0.25) is 0 Å². The molecule has 8 aliphatic rings. The van der Waals surface area contributed by atoms with E-state index in [1.54, 1.807) is 11.1 Å². The van der Waals surface area contributed by atoms with Gasteiger partial charge >= 0.3 is 0 Å². The number of rotatable bonds is 0. The van der Waals surface area contributed by atoms with Crippen molar-refractivity contribution in [3.8, 4) is 0 Å². The fraction of sp³-hybridized carbons (Fsp3) is 0.636. The van der Waals surface area contributed by atoms with Gasteiger partial charge in [0.1, 0.15) is 12.2 Å². The molecular formula is C22H24O. The highest BCUT2D eigenvalue weighted by molar-refractivity contribution is 5.65. The maximum atomic E-state index is 6.38. The van der Waals surface area contributed by atoms with Gasteiger partial charge in [0.05, 0.1) is 0 Å². The van der Waals surface area contributed by atoms with Gasteiger partial charge < -0.3 is 4.74 Å². The van der Waals surface area contributed by atoms with Crippen LogP contribution in [-0.2, 0) is 4.74 Å². The van der Waals surface area contributed by atoms with E-state index in [1.807, 2.05) is 22.3 Å². The summed E-state index contributed by atoms with van der Waals surface area (Å²) in [5.74, 6) is 3.48. The first-order valence-electron chi connectivity index (χ1n) is 9.97. The van der Waals surface area contributed by atoms with Gasteiger partial charge in [-0.1, -0.05) is 12.2 Å². The molecule has 2 atom stereocenters. The molecular weight excluding hydrogens is 280 g/mol. The minimum atomic E-state index is 0.300. The molecule has 9 rings (SSSR count). The highest BCUT2D eigenvalue weighted by Crippen LogP contribution is 2.64. The van der Waals surface area contributed by atoms with Gasteiger partial charge in [-0.15, -0.1) is 0 Å². The highest BCUT2D eigenvalue weighted by atomic mass is 16.5. The van der Waals surface area contributed by atoms with Gasteiger partial charge in [0.25, 0.3) is 0 Å². The molecule has 2 fully saturated rings. The van der Waals surface area contributed by atoms with Crippen LogP contribution in [0.3, 0.4) is 0 Å². The van der Waals surface area contributed by atoms with Crippen LogP contribution >= 0.6 is 0 Å². The van der Waals surface area contributed by atoms with Crippen molar-refractivity contribution >= 4 is 0 Å². The normalized spacial score (nSPS) is 43.7. The molecule has 2 saturated carbocycles. The van der Waals surface area contributed by atoms with Crippen molar-refractivity contribution in [2.45, 2.75) is 87.2 Å². The van der Waals surface area contributed by atoms with E-state index in [2.05, 4.69) is 12.2 Å². The van der Waals surface area contributed by atoms with Crippen molar-refractivity contribution in [1.82, 2.24) is 0 Å². The zero-order chi connectivity index (χ0) is 14.7. The third kappa shape index (κ3) is 1.30. The lowest BCUT2D eigenvalue weighted by molar-refractivity contribution is 0.0866. The minimum absolute atomic E-state index is 0.300. The smallest absolute Gasteiger partial charge is 0.103 e. The molecule has 6 bridgehead atoms. The lowest BCUT2D eigenvalue weighted by Gasteiger charge is -2.48. The van der Waals surface area contributed by atoms with Gasteiger partial charge in [0.2, 0.25) is 0 Å². The van der Waals surface area contributed by atoms with E-state index in [9.17, 15) is 0 Å². The molecule has 1 aromatic rings. The summed E-state index contributed by atoms with van der Waals surface area (Å²) in [6.45, 7) is 0. The second kappa shape index (κ2) is 3.94. The van der Waals surface area contributed by atoms with E-state index in [0.29, 0.717) is 12.2 Å². The fourth-order valence-electron chi connectivity index (χ4n) is 7.36. The molecule has 6 aliphatic carbocycles. The first-order valence-corrected chi connectivity index (χ1v) is 9.97. The Labute approximate surface area is 138 Å². The number of benzene rings is 1. The SMILES string of the molecule is C1=CC2OC1c1c3c(c4c(c12)C1CCC4CC1)C1CCC3CC1. The van der Waals surface area contributed by atoms with Crippen molar-refractivity contribution < 1.29 is 4.74 Å². The monoisotopic (exact) mass is 304 g/mol.